The van der Waals surface area contributed by atoms with Crippen molar-refractivity contribution in [3.05, 3.63) is 83.4 Å². The van der Waals surface area contributed by atoms with Crippen molar-refractivity contribution in [3.8, 4) is 28.0 Å². The topological polar surface area (TPSA) is 57.5 Å². The number of aliphatic carboxylic acids is 1. The van der Waals surface area contributed by atoms with Crippen LogP contribution in [-0.2, 0) is 11.0 Å². The van der Waals surface area contributed by atoms with Gasteiger partial charge in [-0.1, -0.05) is 30.3 Å². The quantitative estimate of drug-likeness (QED) is 0.344. The lowest BCUT2D eigenvalue weighted by Gasteiger charge is -2.15. The molecule has 3 nitrogen and oxygen atoms in total. The second-order valence-electron chi connectivity index (χ2n) is 6.62. The number of phenols is 1. The van der Waals surface area contributed by atoms with Gasteiger partial charge in [0.15, 0.2) is 0 Å². The number of carboxylic acid groups (broad SMARTS) is 1. The molecule has 0 bridgehead atoms. The molecular formula is C23H15F5O3. The minimum absolute atomic E-state index is 0.00613. The highest BCUT2D eigenvalue weighted by Gasteiger charge is 2.30. The maximum atomic E-state index is 13.8. The summed E-state index contributed by atoms with van der Waals surface area (Å²) in [6.45, 7) is 0. The molecule has 0 saturated carbocycles. The van der Waals surface area contributed by atoms with E-state index in [2.05, 4.69) is 0 Å². The van der Waals surface area contributed by atoms with Gasteiger partial charge in [-0.15, -0.1) is 0 Å². The molecule has 0 atom stereocenters. The molecule has 3 aromatic rings. The Morgan fingerprint density at radius 1 is 0.903 bits per heavy atom. The summed E-state index contributed by atoms with van der Waals surface area (Å²) in [5, 5.41) is 18.5. The number of hydrogen-bond acceptors (Lipinski definition) is 2. The average molecular weight is 434 g/mol. The fourth-order valence-corrected chi connectivity index (χ4v) is 3.15. The van der Waals surface area contributed by atoms with Gasteiger partial charge < -0.3 is 10.2 Å². The van der Waals surface area contributed by atoms with Gasteiger partial charge in [0.05, 0.1) is 5.56 Å². The van der Waals surface area contributed by atoms with Crippen LogP contribution < -0.4 is 0 Å². The second kappa shape index (κ2) is 8.59. The standard InChI is InChI=1S/C23H15F5O3/c24-22(25)20-12-15(18-8-6-17(29)11-14(18)5-9-21(30)31)4-7-19(20)13-2-1-3-16(10-13)23(26,27)28/h1-12,22,29H,(H,30,31)/b9-5+. The molecule has 0 fully saturated rings. The molecule has 0 heterocycles. The van der Waals surface area contributed by atoms with Crippen LogP contribution in [0.25, 0.3) is 28.3 Å². The van der Waals surface area contributed by atoms with E-state index in [0.717, 1.165) is 30.3 Å². The van der Waals surface area contributed by atoms with Crippen molar-refractivity contribution in [1.82, 2.24) is 0 Å². The Balaban J connectivity index is 2.14. The smallest absolute Gasteiger partial charge is 0.416 e. The molecule has 3 rings (SSSR count). The molecule has 0 aliphatic heterocycles. The molecule has 0 saturated heterocycles. The summed E-state index contributed by atoms with van der Waals surface area (Å²) in [7, 11) is 0. The van der Waals surface area contributed by atoms with Gasteiger partial charge in [-0.3, -0.25) is 0 Å². The minimum Gasteiger partial charge on any atom is -0.508 e. The van der Waals surface area contributed by atoms with E-state index in [1.165, 1.54) is 42.5 Å². The lowest BCUT2D eigenvalue weighted by Crippen LogP contribution is -2.04. The van der Waals surface area contributed by atoms with Gasteiger partial charge >= 0.3 is 12.1 Å². The Labute approximate surface area is 173 Å². The third-order valence-electron chi connectivity index (χ3n) is 4.54. The molecule has 31 heavy (non-hydrogen) atoms. The number of phenolic OH excluding ortho intramolecular Hbond substituents is 1. The number of halogens is 5. The summed E-state index contributed by atoms with van der Waals surface area (Å²) >= 11 is 0. The molecule has 0 spiro atoms. The van der Waals surface area contributed by atoms with E-state index >= 15 is 0 Å². The molecule has 8 heteroatoms. The van der Waals surface area contributed by atoms with Gasteiger partial charge in [-0.2, -0.15) is 13.2 Å². The summed E-state index contributed by atoms with van der Waals surface area (Å²) in [5.74, 6) is -1.38. The van der Waals surface area contributed by atoms with Crippen LogP contribution in [0.3, 0.4) is 0 Å². The summed E-state index contributed by atoms with van der Waals surface area (Å²) in [6.07, 6.45) is -5.54. The van der Waals surface area contributed by atoms with Gasteiger partial charge in [0.2, 0.25) is 0 Å². The van der Waals surface area contributed by atoms with Crippen LogP contribution in [0.5, 0.6) is 5.75 Å². The van der Waals surface area contributed by atoms with Crippen LogP contribution in [0.4, 0.5) is 22.0 Å². The van der Waals surface area contributed by atoms with Crippen molar-refractivity contribution in [2.24, 2.45) is 0 Å². The highest BCUT2D eigenvalue weighted by Crippen LogP contribution is 2.38. The number of rotatable bonds is 5. The SMILES string of the molecule is O=C(O)/C=C/c1cc(O)ccc1-c1ccc(-c2cccc(C(F)(F)F)c2)c(C(F)F)c1. The van der Waals surface area contributed by atoms with E-state index in [9.17, 15) is 31.9 Å². The van der Waals surface area contributed by atoms with Gasteiger partial charge in [0.1, 0.15) is 5.75 Å². The molecular weight excluding hydrogens is 419 g/mol. The van der Waals surface area contributed by atoms with Crippen molar-refractivity contribution in [2.45, 2.75) is 12.6 Å². The number of carbonyl (C=O) groups is 1. The van der Waals surface area contributed by atoms with Gasteiger partial charge in [-0.05, 0) is 64.2 Å². The number of carboxylic acids is 1. The van der Waals surface area contributed by atoms with Gasteiger partial charge in [-0.25, -0.2) is 13.6 Å². The van der Waals surface area contributed by atoms with E-state index in [1.54, 1.807) is 0 Å². The van der Waals surface area contributed by atoms with E-state index in [0.29, 0.717) is 5.56 Å². The highest BCUT2D eigenvalue weighted by molar-refractivity contribution is 5.88. The van der Waals surface area contributed by atoms with Crippen molar-refractivity contribution in [2.75, 3.05) is 0 Å². The van der Waals surface area contributed by atoms with E-state index in [1.807, 2.05) is 0 Å². The fraction of sp³-hybridized carbons (Fsp3) is 0.0870. The van der Waals surface area contributed by atoms with Gasteiger partial charge in [0, 0.05) is 11.6 Å². The molecule has 0 unspecified atom stereocenters. The lowest BCUT2D eigenvalue weighted by molar-refractivity contribution is -0.137. The number of benzene rings is 3. The van der Waals surface area contributed by atoms with Crippen LogP contribution in [-0.4, -0.2) is 16.2 Å². The first-order valence-electron chi connectivity index (χ1n) is 8.90. The molecule has 0 aromatic heterocycles. The lowest BCUT2D eigenvalue weighted by atomic mass is 9.92. The normalized spacial score (nSPS) is 11.9. The summed E-state index contributed by atoms with van der Waals surface area (Å²) in [6, 6.07) is 12.0. The van der Waals surface area contributed by atoms with Crippen LogP contribution in [0, 0.1) is 0 Å². The predicted molar refractivity (Wildman–Crippen MR) is 106 cm³/mol. The Morgan fingerprint density at radius 3 is 2.23 bits per heavy atom. The van der Waals surface area contributed by atoms with Crippen LogP contribution in [0.2, 0.25) is 0 Å². The van der Waals surface area contributed by atoms with Crippen LogP contribution in [0.15, 0.2) is 66.7 Å². The first kappa shape index (κ1) is 22.0. The van der Waals surface area contributed by atoms with Crippen molar-refractivity contribution in [3.63, 3.8) is 0 Å². The third-order valence-corrected chi connectivity index (χ3v) is 4.54. The third kappa shape index (κ3) is 5.09. The van der Waals surface area contributed by atoms with Crippen molar-refractivity contribution < 1.29 is 37.0 Å². The molecule has 0 radical (unpaired) electrons. The molecule has 3 aromatic carbocycles. The molecule has 0 aliphatic carbocycles. The van der Waals surface area contributed by atoms with Crippen molar-refractivity contribution in [1.29, 1.82) is 0 Å². The number of hydrogen-bond donors (Lipinski definition) is 2. The zero-order chi connectivity index (χ0) is 22.8. The molecule has 160 valence electrons. The van der Waals surface area contributed by atoms with E-state index < -0.39 is 29.7 Å². The highest BCUT2D eigenvalue weighted by atomic mass is 19.4. The number of alkyl halides is 5. The van der Waals surface area contributed by atoms with Gasteiger partial charge in [0.25, 0.3) is 6.43 Å². The monoisotopic (exact) mass is 434 g/mol. The summed E-state index contributed by atoms with van der Waals surface area (Å²) in [5.41, 5.74) is -0.551. The van der Waals surface area contributed by atoms with Crippen LogP contribution >= 0.6 is 0 Å². The molecule has 0 amide bonds. The van der Waals surface area contributed by atoms with Crippen LogP contribution in [0.1, 0.15) is 23.1 Å². The van der Waals surface area contributed by atoms with E-state index in [-0.39, 0.29) is 28.0 Å². The summed E-state index contributed by atoms with van der Waals surface area (Å²) in [4.78, 5) is 10.8. The zero-order valence-electron chi connectivity index (χ0n) is 15.7. The fourth-order valence-electron chi connectivity index (χ4n) is 3.15. The second-order valence-corrected chi connectivity index (χ2v) is 6.62. The Hall–Kier alpha value is -3.68. The summed E-state index contributed by atoms with van der Waals surface area (Å²) < 4.78 is 66.7. The minimum atomic E-state index is -4.61. The Kier molecular flexibility index (Phi) is 6.10. The molecule has 0 aliphatic rings. The zero-order valence-corrected chi connectivity index (χ0v) is 15.7. The van der Waals surface area contributed by atoms with E-state index in [4.69, 9.17) is 5.11 Å². The molecule has 2 N–H and O–H groups in total. The maximum absolute atomic E-state index is 13.8. The maximum Gasteiger partial charge on any atom is 0.416 e. The first-order chi connectivity index (χ1) is 14.6. The predicted octanol–water partition coefficient (Wildman–Crippen LogP) is 6.78. The Morgan fingerprint density at radius 2 is 1.58 bits per heavy atom. The average Bonchev–Trinajstić information content (AvgIpc) is 2.71. The number of aromatic hydroxyl groups is 1. The largest absolute Gasteiger partial charge is 0.508 e. The Bertz CT molecular complexity index is 1150. The van der Waals surface area contributed by atoms with Crippen molar-refractivity contribution >= 4 is 12.0 Å². The first-order valence-corrected chi connectivity index (χ1v) is 8.90.